The van der Waals surface area contributed by atoms with Gasteiger partial charge in [-0.3, -0.25) is 4.90 Å². The zero-order valence-corrected chi connectivity index (χ0v) is 8.44. The van der Waals surface area contributed by atoms with Crippen molar-refractivity contribution in [1.82, 2.24) is 9.80 Å². The smallest absolute Gasteiger partial charge is 0.172 e. The van der Waals surface area contributed by atoms with E-state index in [0.29, 0.717) is 0 Å². The number of nitrogens with zero attached hydrogens (tertiary/aromatic N) is 3. The molecule has 0 radical (unpaired) electrons. The van der Waals surface area contributed by atoms with Crippen molar-refractivity contribution < 1.29 is 0 Å². The van der Waals surface area contributed by atoms with Gasteiger partial charge in [-0.1, -0.05) is 18.7 Å². The van der Waals surface area contributed by atoms with Crippen molar-refractivity contribution >= 4 is 0 Å². The van der Waals surface area contributed by atoms with Gasteiger partial charge < -0.3 is 4.90 Å². The average molecular weight is 187 g/mol. The van der Waals surface area contributed by atoms with Gasteiger partial charge in [-0.2, -0.15) is 5.26 Å². The Morgan fingerprint density at radius 3 is 2.79 bits per heavy atom. The summed E-state index contributed by atoms with van der Waals surface area (Å²) in [6.07, 6.45) is 5.85. The quantitative estimate of drug-likeness (QED) is 0.568. The van der Waals surface area contributed by atoms with Crippen LogP contribution >= 0.6 is 0 Å². The Labute approximate surface area is 84.2 Å². The summed E-state index contributed by atoms with van der Waals surface area (Å²) in [5, 5.41) is 9.03. The first-order valence-electron chi connectivity index (χ1n) is 4.58. The van der Waals surface area contributed by atoms with E-state index >= 15 is 0 Å². The van der Waals surface area contributed by atoms with Crippen molar-refractivity contribution in [2.24, 2.45) is 0 Å². The third kappa shape index (κ3) is 1.01. The van der Waals surface area contributed by atoms with E-state index in [1.807, 2.05) is 42.1 Å². The maximum Gasteiger partial charge on any atom is 0.172 e. The van der Waals surface area contributed by atoms with Crippen molar-refractivity contribution in [1.29, 1.82) is 5.26 Å². The highest BCUT2D eigenvalue weighted by atomic mass is 15.4. The number of hydrogen-bond acceptors (Lipinski definition) is 3. The number of hydrogen-bond donors (Lipinski definition) is 0. The highest BCUT2D eigenvalue weighted by molar-refractivity contribution is 5.42. The highest BCUT2D eigenvalue weighted by Gasteiger charge is 2.40. The second kappa shape index (κ2) is 3.00. The number of rotatable bonds is 0. The Morgan fingerprint density at radius 2 is 2.21 bits per heavy atom. The lowest BCUT2D eigenvalue weighted by Gasteiger charge is -2.22. The van der Waals surface area contributed by atoms with E-state index in [1.165, 1.54) is 0 Å². The first-order chi connectivity index (χ1) is 6.66. The molecule has 0 spiro atoms. The molecule has 72 valence electrons. The molecule has 0 aromatic rings. The van der Waals surface area contributed by atoms with Crippen molar-refractivity contribution in [2.75, 3.05) is 14.1 Å². The molecule has 1 saturated heterocycles. The Morgan fingerprint density at radius 1 is 1.50 bits per heavy atom. The van der Waals surface area contributed by atoms with Crippen LogP contribution in [0.5, 0.6) is 0 Å². The van der Waals surface area contributed by atoms with Gasteiger partial charge in [-0.05, 0) is 18.7 Å². The van der Waals surface area contributed by atoms with E-state index in [4.69, 9.17) is 5.26 Å². The molecule has 2 aliphatic rings. The third-order valence-electron chi connectivity index (χ3n) is 2.89. The first kappa shape index (κ1) is 9.04. The zero-order chi connectivity index (χ0) is 10.3. The molecule has 0 aromatic carbocycles. The minimum absolute atomic E-state index is 0.176. The van der Waals surface area contributed by atoms with Crippen molar-refractivity contribution in [3.05, 3.63) is 36.1 Å². The van der Waals surface area contributed by atoms with Crippen LogP contribution < -0.4 is 0 Å². The Balaban J connectivity index is 2.43. The fourth-order valence-electron chi connectivity index (χ4n) is 2.16. The Kier molecular flexibility index (Phi) is 1.94. The SMILES string of the molecule is C=C1C=CC=C2C1N(C)C(C#N)N2C. The van der Waals surface area contributed by atoms with Crippen molar-refractivity contribution in [3.63, 3.8) is 0 Å². The van der Waals surface area contributed by atoms with Gasteiger partial charge in [0.2, 0.25) is 0 Å². The molecule has 0 bridgehead atoms. The lowest BCUT2D eigenvalue weighted by molar-refractivity contribution is 0.236. The summed E-state index contributed by atoms with van der Waals surface area (Å²) in [6.45, 7) is 4.01. The van der Waals surface area contributed by atoms with Gasteiger partial charge in [0.25, 0.3) is 0 Å². The van der Waals surface area contributed by atoms with Gasteiger partial charge in [0.1, 0.15) is 6.07 Å². The van der Waals surface area contributed by atoms with Gasteiger partial charge in [0, 0.05) is 12.7 Å². The van der Waals surface area contributed by atoms with Crippen LogP contribution in [0.4, 0.5) is 0 Å². The lowest BCUT2D eigenvalue weighted by atomic mass is 10.0. The second-order valence-corrected chi connectivity index (χ2v) is 3.71. The summed E-state index contributed by atoms with van der Waals surface area (Å²) >= 11 is 0. The monoisotopic (exact) mass is 187 g/mol. The normalized spacial score (nSPS) is 31.4. The highest BCUT2D eigenvalue weighted by Crippen LogP contribution is 2.33. The van der Waals surface area contributed by atoms with Gasteiger partial charge in [0.05, 0.1) is 6.04 Å². The Hall–Kier alpha value is -1.53. The molecule has 0 amide bonds. The fourth-order valence-corrected chi connectivity index (χ4v) is 2.16. The van der Waals surface area contributed by atoms with E-state index in [2.05, 4.69) is 12.6 Å². The molecule has 0 saturated carbocycles. The molecular formula is C11H13N3. The van der Waals surface area contributed by atoms with Crippen LogP contribution in [0.15, 0.2) is 36.1 Å². The molecule has 2 unspecified atom stereocenters. The van der Waals surface area contributed by atoms with E-state index in [0.717, 1.165) is 11.3 Å². The van der Waals surface area contributed by atoms with Crippen LogP contribution in [0.3, 0.4) is 0 Å². The largest absolute Gasteiger partial charge is 0.349 e. The summed E-state index contributed by atoms with van der Waals surface area (Å²) in [6, 6.07) is 2.46. The summed E-state index contributed by atoms with van der Waals surface area (Å²) in [7, 11) is 3.91. The Bertz CT molecular complexity index is 372. The molecule has 1 heterocycles. The topological polar surface area (TPSA) is 30.3 Å². The number of allylic oxidation sites excluding steroid dienone is 2. The molecular weight excluding hydrogens is 174 g/mol. The maximum absolute atomic E-state index is 9.03. The van der Waals surface area contributed by atoms with Crippen LogP contribution in [0.2, 0.25) is 0 Å². The number of nitriles is 1. The molecule has 14 heavy (non-hydrogen) atoms. The molecule has 3 heteroatoms. The molecule has 1 aliphatic carbocycles. The lowest BCUT2D eigenvalue weighted by Crippen LogP contribution is -2.35. The molecule has 3 nitrogen and oxygen atoms in total. The zero-order valence-electron chi connectivity index (χ0n) is 8.44. The minimum Gasteiger partial charge on any atom is -0.349 e. The van der Waals surface area contributed by atoms with Gasteiger partial charge in [-0.15, -0.1) is 0 Å². The van der Waals surface area contributed by atoms with Crippen molar-refractivity contribution in [3.8, 4) is 6.07 Å². The van der Waals surface area contributed by atoms with Crippen LogP contribution in [0.1, 0.15) is 0 Å². The second-order valence-electron chi connectivity index (χ2n) is 3.71. The summed E-state index contributed by atoms with van der Waals surface area (Å²) in [5.41, 5.74) is 2.21. The molecule has 0 aromatic heterocycles. The van der Waals surface area contributed by atoms with Crippen molar-refractivity contribution in [2.45, 2.75) is 12.2 Å². The van der Waals surface area contributed by atoms with Crippen LogP contribution in [-0.2, 0) is 0 Å². The molecule has 1 aliphatic heterocycles. The van der Waals surface area contributed by atoms with E-state index in [1.54, 1.807) is 0 Å². The van der Waals surface area contributed by atoms with E-state index in [-0.39, 0.29) is 12.2 Å². The minimum atomic E-state index is -0.178. The van der Waals surface area contributed by atoms with Gasteiger partial charge in [0.15, 0.2) is 6.17 Å². The molecule has 2 rings (SSSR count). The number of likely N-dealkylation sites (N-methyl/N-ethyl adjacent to an activating group) is 2. The molecule has 2 atom stereocenters. The van der Waals surface area contributed by atoms with Crippen LogP contribution in [0, 0.1) is 11.3 Å². The molecule has 1 fully saturated rings. The fraction of sp³-hybridized carbons (Fsp3) is 0.364. The van der Waals surface area contributed by atoms with E-state index in [9.17, 15) is 0 Å². The predicted octanol–water partition coefficient (Wildman–Crippen LogP) is 1.09. The maximum atomic E-state index is 9.03. The standard InChI is InChI=1S/C11H13N3/c1-8-5-4-6-9-11(8)14(3)10(7-12)13(9)2/h4-6,10-11H,1H2,2-3H3. The number of fused-ring (bicyclic) bond motifs is 1. The van der Waals surface area contributed by atoms with E-state index < -0.39 is 0 Å². The van der Waals surface area contributed by atoms with Crippen LogP contribution in [-0.4, -0.2) is 36.1 Å². The molecule has 0 N–H and O–H groups in total. The predicted molar refractivity (Wildman–Crippen MR) is 55.1 cm³/mol. The van der Waals surface area contributed by atoms with Gasteiger partial charge >= 0.3 is 0 Å². The summed E-state index contributed by atoms with van der Waals surface area (Å²) < 4.78 is 0. The van der Waals surface area contributed by atoms with Gasteiger partial charge in [-0.25, -0.2) is 0 Å². The first-order valence-corrected chi connectivity index (χ1v) is 4.58. The average Bonchev–Trinajstić information content (AvgIpc) is 2.41. The third-order valence-corrected chi connectivity index (χ3v) is 2.89. The summed E-state index contributed by atoms with van der Waals surface area (Å²) in [5.74, 6) is 0. The summed E-state index contributed by atoms with van der Waals surface area (Å²) in [4.78, 5) is 4.04. The van der Waals surface area contributed by atoms with Crippen LogP contribution in [0.25, 0.3) is 0 Å².